The number of aryl methyl sites for hydroxylation is 1. The minimum absolute atomic E-state index is 0.00756. The van der Waals surface area contributed by atoms with Crippen molar-refractivity contribution in [1.29, 1.82) is 0 Å². The maximum atomic E-state index is 9.48. The highest BCUT2D eigenvalue weighted by Gasteiger charge is 2.52. The quantitative estimate of drug-likeness (QED) is 0.165. The summed E-state index contributed by atoms with van der Waals surface area (Å²) in [5.74, 6) is 0. The van der Waals surface area contributed by atoms with Gasteiger partial charge in [-0.1, -0.05) is 129 Å². The van der Waals surface area contributed by atoms with Crippen molar-refractivity contribution >= 4 is 68.4 Å². The van der Waals surface area contributed by atoms with Gasteiger partial charge in [0.2, 0.25) is 0 Å². The average molecular weight is 884 g/mol. The Kier molecular flexibility index (Phi) is 7.31. The van der Waals surface area contributed by atoms with Crippen LogP contribution in [0.25, 0.3) is 22.1 Å². The van der Waals surface area contributed by atoms with Crippen molar-refractivity contribution in [1.82, 2.24) is 0 Å². The van der Waals surface area contributed by atoms with Crippen molar-refractivity contribution in [3.8, 4) is 11.1 Å². The van der Waals surface area contributed by atoms with E-state index < -0.39 is 6.04 Å². The highest BCUT2D eigenvalue weighted by molar-refractivity contribution is 7.00. The highest BCUT2D eigenvalue weighted by Crippen LogP contribution is 2.59. The van der Waals surface area contributed by atoms with Crippen LogP contribution >= 0.6 is 0 Å². The van der Waals surface area contributed by atoms with Gasteiger partial charge in [0, 0.05) is 33.8 Å². The van der Waals surface area contributed by atoms with Crippen molar-refractivity contribution < 1.29 is 11.3 Å². The van der Waals surface area contributed by atoms with E-state index in [4.69, 9.17) is 8.53 Å². The van der Waals surface area contributed by atoms with Crippen LogP contribution in [0.3, 0.4) is 0 Å². The Morgan fingerprint density at radius 1 is 0.493 bits per heavy atom. The molecular weight excluding hydrogens is 812 g/mol. The van der Waals surface area contributed by atoms with E-state index >= 15 is 0 Å². The summed E-state index contributed by atoms with van der Waals surface area (Å²) in [5.41, 5.74) is 20.3. The lowest BCUT2D eigenvalue weighted by Crippen LogP contribution is -2.61. The lowest BCUT2D eigenvalue weighted by Gasteiger charge is -2.52. The zero-order valence-corrected chi connectivity index (χ0v) is 41.5. The number of hydrogen-bond acceptors (Lipinski definition) is 3. The maximum Gasteiger partial charge on any atom is 0.297 e. The Morgan fingerprint density at radius 3 is 1.66 bits per heavy atom. The largest absolute Gasteiger partial charge is 0.468 e. The molecule has 1 aromatic heterocycles. The SMILES string of the molecule is [2H]c1c([2H])c([2H])c(-c2cc3c4c(c2)N(c2ccc5c(c2)C(C)(C)CCC5(C)C)c2c(oc5cc6c(cc25)C2(C)CCC6(C)CC2)B4c2cc4c(cc2N3c2ccc(C)cc2)C(C)(C)CCC4(C)C)c([2H])c1[2H]. The van der Waals surface area contributed by atoms with E-state index in [1.54, 1.807) is 0 Å². The van der Waals surface area contributed by atoms with Crippen LogP contribution in [0.1, 0.15) is 166 Å². The second-order valence-electron chi connectivity index (χ2n) is 24.9. The first kappa shape index (κ1) is 36.6. The Hall–Kier alpha value is -5.48. The van der Waals surface area contributed by atoms with E-state index in [1.165, 1.54) is 51.7 Å². The van der Waals surface area contributed by atoms with Crippen LogP contribution in [-0.2, 0) is 32.5 Å². The summed E-state index contributed by atoms with van der Waals surface area (Å²) in [6.45, 7) is 25.9. The number of fused-ring (bicyclic) bond motifs is 10. The molecule has 6 aromatic carbocycles. The molecule has 3 heterocycles. The molecule has 0 unspecified atom stereocenters. The van der Waals surface area contributed by atoms with E-state index in [-0.39, 0.29) is 68.9 Å². The summed E-state index contributed by atoms with van der Waals surface area (Å²) in [5, 5.41) is 1.10. The first-order valence-corrected chi connectivity index (χ1v) is 25.2. The molecule has 7 aliphatic rings. The van der Waals surface area contributed by atoms with Crippen LogP contribution in [-0.4, -0.2) is 6.71 Å². The molecule has 0 radical (unpaired) electrons. The first-order valence-electron chi connectivity index (χ1n) is 27.7. The molecule has 0 amide bonds. The standard InChI is InChI=1S/C63H67BN2O/c1-38-17-19-41(20-18-38)65-51-36-47-46(60(6,7)25-26-61(47,8)9)35-50(51)64-55-52(65)31-40(39-15-13-12-14-16-39)32-53(55)66(42-21-22-44-45(33-42)59(4,5)24-23-58(44,2)3)56-43-34-48-49(37-54(43)67-57(56)64)63(11)29-27-62(48,10)28-30-63/h12-22,31-37H,23-30H2,1-11H3/i12D,13D,14D,15D,16D. The van der Waals surface area contributed by atoms with Gasteiger partial charge in [-0.3, -0.25) is 0 Å². The van der Waals surface area contributed by atoms with Gasteiger partial charge in [0.05, 0.1) is 18.2 Å². The number of furan rings is 1. The molecule has 2 aliphatic heterocycles. The molecule has 1 saturated carbocycles. The monoisotopic (exact) mass is 884 g/mol. The molecule has 0 spiro atoms. The molecule has 5 aliphatic carbocycles. The molecule has 0 atom stereocenters. The summed E-state index contributed by atoms with van der Waals surface area (Å²) < 4.78 is 53.2. The predicted octanol–water partition coefficient (Wildman–Crippen LogP) is 15.3. The van der Waals surface area contributed by atoms with Crippen molar-refractivity contribution in [2.45, 2.75) is 160 Å². The number of hydrogen-bond donors (Lipinski definition) is 0. The summed E-state index contributed by atoms with van der Waals surface area (Å²) in [6, 6.07) is 28.6. The molecule has 67 heavy (non-hydrogen) atoms. The summed E-state index contributed by atoms with van der Waals surface area (Å²) >= 11 is 0. The van der Waals surface area contributed by atoms with Crippen LogP contribution in [0.2, 0.25) is 0 Å². The van der Waals surface area contributed by atoms with Crippen molar-refractivity contribution in [2.75, 3.05) is 9.80 Å². The molecule has 2 bridgehead atoms. The van der Waals surface area contributed by atoms with Gasteiger partial charge in [0.1, 0.15) is 5.58 Å². The Bertz CT molecular complexity index is 3530. The van der Waals surface area contributed by atoms with Crippen molar-refractivity contribution in [3.05, 3.63) is 148 Å². The molecule has 4 heteroatoms. The maximum absolute atomic E-state index is 9.48. The second-order valence-corrected chi connectivity index (χ2v) is 24.9. The van der Waals surface area contributed by atoms with Crippen LogP contribution in [0.4, 0.5) is 34.1 Å². The molecule has 3 nitrogen and oxygen atoms in total. The Balaban J connectivity index is 1.22. The fourth-order valence-electron chi connectivity index (χ4n) is 14.0. The summed E-state index contributed by atoms with van der Waals surface area (Å²) in [4.78, 5) is 4.86. The number of anilines is 6. The normalized spacial score (nSPS) is 25.1. The van der Waals surface area contributed by atoms with Crippen LogP contribution in [0, 0.1) is 6.92 Å². The minimum atomic E-state index is -0.394. The molecule has 0 N–H and O–H groups in total. The van der Waals surface area contributed by atoms with Crippen LogP contribution in [0.15, 0.2) is 113 Å². The van der Waals surface area contributed by atoms with Gasteiger partial charge >= 0.3 is 0 Å². The highest BCUT2D eigenvalue weighted by atomic mass is 16.3. The zero-order chi connectivity index (χ0) is 50.7. The van der Waals surface area contributed by atoms with Gasteiger partial charge in [-0.25, -0.2) is 0 Å². The molecule has 0 saturated heterocycles. The lowest BCUT2D eigenvalue weighted by molar-refractivity contribution is 0.188. The van der Waals surface area contributed by atoms with Gasteiger partial charge in [0.15, 0.2) is 0 Å². The van der Waals surface area contributed by atoms with Gasteiger partial charge in [-0.15, -0.1) is 0 Å². The molecule has 7 aromatic rings. The molecule has 14 rings (SSSR count). The van der Waals surface area contributed by atoms with E-state index in [9.17, 15) is 2.74 Å². The van der Waals surface area contributed by atoms with E-state index in [0.29, 0.717) is 5.56 Å². The van der Waals surface area contributed by atoms with E-state index in [0.717, 1.165) is 100 Å². The number of nitrogens with zero attached hydrogens (tertiary/aromatic N) is 2. The van der Waals surface area contributed by atoms with Gasteiger partial charge in [-0.05, 0) is 201 Å². The molecular formula is C63H67BN2O. The lowest BCUT2D eigenvalue weighted by atomic mass is 9.35. The number of rotatable bonds is 3. The summed E-state index contributed by atoms with van der Waals surface area (Å²) in [7, 11) is 0. The Labute approximate surface area is 407 Å². The number of benzene rings is 6. The third-order valence-electron chi connectivity index (χ3n) is 18.7. The second kappa shape index (κ2) is 13.4. The van der Waals surface area contributed by atoms with Gasteiger partial charge in [-0.2, -0.15) is 0 Å². The predicted molar refractivity (Wildman–Crippen MR) is 284 cm³/mol. The molecule has 338 valence electrons. The topological polar surface area (TPSA) is 19.6 Å². The van der Waals surface area contributed by atoms with Crippen LogP contribution in [0.5, 0.6) is 0 Å². The zero-order valence-electron chi connectivity index (χ0n) is 46.5. The Morgan fingerprint density at radius 2 is 1.03 bits per heavy atom. The average Bonchev–Trinajstić information content (AvgIpc) is 3.71. The van der Waals surface area contributed by atoms with Crippen LogP contribution < -0.4 is 26.4 Å². The third kappa shape index (κ3) is 5.77. The van der Waals surface area contributed by atoms with Crippen molar-refractivity contribution in [2.24, 2.45) is 0 Å². The fraction of sp³-hybridized carbons (Fsp3) is 0.397. The minimum Gasteiger partial charge on any atom is -0.468 e. The molecule has 1 fully saturated rings. The van der Waals surface area contributed by atoms with Gasteiger partial charge in [0.25, 0.3) is 6.71 Å². The van der Waals surface area contributed by atoms with Gasteiger partial charge < -0.3 is 14.2 Å². The smallest absolute Gasteiger partial charge is 0.297 e. The summed E-state index contributed by atoms with van der Waals surface area (Å²) in [6.07, 6.45) is 9.01. The van der Waals surface area contributed by atoms with Crippen molar-refractivity contribution in [3.63, 3.8) is 0 Å². The van der Waals surface area contributed by atoms with E-state index in [1.807, 2.05) is 0 Å². The fourth-order valence-corrected chi connectivity index (χ4v) is 14.0. The first-order chi connectivity index (χ1) is 33.8. The third-order valence-corrected chi connectivity index (χ3v) is 18.7. The van der Waals surface area contributed by atoms with E-state index in [2.05, 4.69) is 165 Å².